The summed E-state index contributed by atoms with van der Waals surface area (Å²) in [7, 11) is 1.29. The van der Waals surface area contributed by atoms with Crippen LogP contribution in [0.1, 0.15) is 41.0 Å². The van der Waals surface area contributed by atoms with Crippen molar-refractivity contribution < 1.29 is 19.4 Å². The molecule has 0 aromatic carbocycles. The maximum absolute atomic E-state index is 11.6. The Morgan fingerprint density at radius 2 is 2.27 bits per heavy atom. The maximum Gasteiger partial charge on any atom is 0.343 e. The van der Waals surface area contributed by atoms with E-state index in [1.165, 1.54) is 13.3 Å². The number of rotatable bonds is 7. The van der Waals surface area contributed by atoms with Gasteiger partial charge in [0.15, 0.2) is 12.1 Å². The molecule has 1 fully saturated rings. The predicted octanol–water partition coefficient (Wildman–Crippen LogP) is 2.60. The fraction of sp³-hybridized carbons (Fsp3) is 0.368. The van der Waals surface area contributed by atoms with Crippen LogP contribution in [0.2, 0.25) is 0 Å². The summed E-state index contributed by atoms with van der Waals surface area (Å²) in [4.78, 5) is 21.8. The first-order chi connectivity index (χ1) is 14.6. The molecule has 11 heteroatoms. The number of carbonyl (C=O) groups is 1. The lowest BCUT2D eigenvalue weighted by Gasteiger charge is -2.28. The van der Waals surface area contributed by atoms with Crippen molar-refractivity contribution in [2.45, 2.75) is 30.4 Å². The van der Waals surface area contributed by atoms with Crippen molar-refractivity contribution in [2.75, 3.05) is 13.7 Å². The van der Waals surface area contributed by atoms with Crippen LogP contribution in [0, 0.1) is 0 Å². The zero-order valence-electron chi connectivity index (χ0n) is 16.0. The smallest absolute Gasteiger partial charge is 0.343 e. The van der Waals surface area contributed by atoms with E-state index in [-0.39, 0.29) is 12.5 Å². The van der Waals surface area contributed by atoms with E-state index in [1.807, 2.05) is 4.40 Å². The molecule has 1 aliphatic carbocycles. The van der Waals surface area contributed by atoms with Crippen LogP contribution in [0.15, 0.2) is 46.3 Å². The van der Waals surface area contributed by atoms with E-state index in [2.05, 4.69) is 30.1 Å². The van der Waals surface area contributed by atoms with Gasteiger partial charge in [0.25, 0.3) is 0 Å². The van der Waals surface area contributed by atoms with Crippen molar-refractivity contribution in [1.29, 1.82) is 0 Å². The number of aliphatic hydroxyl groups is 1. The summed E-state index contributed by atoms with van der Waals surface area (Å²) in [5.74, 6) is 0.199. The van der Waals surface area contributed by atoms with Gasteiger partial charge in [0.05, 0.1) is 25.2 Å². The second-order valence-corrected chi connectivity index (χ2v) is 8.20. The molecule has 0 spiro atoms. The monoisotopic (exact) mass is 426 g/mol. The van der Waals surface area contributed by atoms with Gasteiger partial charge in [0, 0.05) is 22.7 Å². The van der Waals surface area contributed by atoms with E-state index in [0.29, 0.717) is 11.5 Å². The van der Waals surface area contributed by atoms with Gasteiger partial charge in [-0.2, -0.15) is 0 Å². The minimum absolute atomic E-state index is 0.240. The number of esters is 1. The largest absolute Gasteiger partial charge is 0.466 e. The number of aromatic nitrogens is 3. The van der Waals surface area contributed by atoms with Crippen LogP contribution in [-0.4, -0.2) is 45.4 Å². The molecular formula is C19H18N6O4S. The second kappa shape index (κ2) is 7.26. The highest BCUT2D eigenvalue weighted by Crippen LogP contribution is 2.50. The van der Waals surface area contributed by atoms with Gasteiger partial charge in [-0.15, -0.1) is 21.6 Å². The van der Waals surface area contributed by atoms with Gasteiger partial charge < -0.3 is 14.6 Å². The van der Waals surface area contributed by atoms with Crippen LogP contribution in [0.5, 0.6) is 5.88 Å². The molecule has 3 aromatic heterocycles. The van der Waals surface area contributed by atoms with Gasteiger partial charge in [-0.25, -0.2) is 14.8 Å². The number of nitrogens with zero attached hydrogens (tertiary/aromatic N) is 6. The molecule has 0 amide bonds. The molecule has 4 heterocycles. The number of aliphatic hydroxyl groups excluding tert-OH is 1. The number of imidazole rings is 1. The Bertz CT molecular complexity index is 1140. The number of methoxy groups -OCH3 is 1. The summed E-state index contributed by atoms with van der Waals surface area (Å²) < 4.78 is 11.8. The number of thiazole rings is 1. The number of hydrogen-bond acceptors (Lipinski definition) is 10. The summed E-state index contributed by atoms with van der Waals surface area (Å²) in [5.41, 5.74) is 0.149. The number of carbonyl (C=O) groups excluding carboxylic acids is 1. The number of pyridine rings is 1. The zero-order valence-corrected chi connectivity index (χ0v) is 16.8. The van der Waals surface area contributed by atoms with Gasteiger partial charge in [0.1, 0.15) is 17.3 Å². The molecule has 1 N–H and O–H groups in total. The average Bonchev–Trinajstić information content (AvgIpc) is 3.16. The first-order valence-electron chi connectivity index (χ1n) is 9.37. The first-order valence-corrected chi connectivity index (χ1v) is 10.2. The zero-order chi connectivity index (χ0) is 20.7. The van der Waals surface area contributed by atoms with Crippen molar-refractivity contribution >= 4 is 28.4 Å². The van der Waals surface area contributed by atoms with E-state index in [1.54, 1.807) is 42.2 Å². The third-order valence-corrected chi connectivity index (χ3v) is 6.51. The Kier molecular flexibility index (Phi) is 4.55. The Morgan fingerprint density at radius 3 is 2.93 bits per heavy atom. The molecule has 154 valence electrons. The lowest BCUT2D eigenvalue weighted by Crippen LogP contribution is -2.33. The maximum atomic E-state index is 11.6. The summed E-state index contributed by atoms with van der Waals surface area (Å²) in [5, 5.41) is 23.6. The lowest BCUT2D eigenvalue weighted by molar-refractivity contribution is -0.143. The highest BCUT2D eigenvalue weighted by Gasteiger charge is 2.46. The summed E-state index contributed by atoms with van der Waals surface area (Å²) in [6, 6.07) is 3.34. The normalized spacial score (nSPS) is 21.3. The van der Waals surface area contributed by atoms with Gasteiger partial charge in [-0.3, -0.25) is 4.40 Å². The Labute approximate surface area is 174 Å². The summed E-state index contributed by atoms with van der Waals surface area (Å²) in [6.45, 7) is -0.240. The SMILES string of the molecule is COC(=O)COc1ccc(C2(C(O)c3c(C4CC4)sc4cncn34)C=NN=N2)cn1. The summed E-state index contributed by atoms with van der Waals surface area (Å²) in [6.07, 6.45) is 7.74. The predicted molar refractivity (Wildman–Crippen MR) is 107 cm³/mol. The molecule has 5 rings (SSSR count). The molecule has 2 atom stereocenters. The van der Waals surface area contributed by atoms with Gasteiger partial charge in [0.2, 0.25) is 5.88 Å². The molecule has 10 nitrogen and oxygen atoms in total. The average molecular weight is 426 g/mol. The van der Waals surface area contributed by atoms with Crippen molar-refractivity contribution in [1.82, 2.24) is 14.4 Å². The number of fused-ring (bicyclic) bond motifs is 1. The Hall–Kier alpha value is -3.18. The topological polar surface area (TPSA) is 123 Å². The van der Waals surface area contributed by atoms with Crippen molar-refractivity contribution in [3.05, 3.63) is 47.0 Å². The fourth-order valence-corrected chi connectivity index (χ4v) is 4.78. The molecule has 1 aliphatic heterocycles. The molecule has 2 unspecified atom stereocenters. The van der Waals surface area contributed by atoms with E-state index < -0.39 is 17.6 Å². The van der Waals surface area contributed by atoms with Crippen LogP contribution in [0.4, 0.5) is 0 Å². The molecule has 0 radical (unpaired) electrons. The fourth-order valence-electron chi connectivity index (χ4n) is 3.49. The van der Waals surface area contributed by atoms with E-state index in [4.69, 9.17) is 4.74 Å². The summed E-state index contributed by atoms with van der Waals surface area (Å²) >= 11 is 1.64. The minimum Gasteiger partial charge on any atom is -0.466 e. The Morgan fingerprint density at radius 1 is 1.40 bits per heavy atom. The quantitative estimate of drug-likeness (QED) is 0.579. The Balaban J connectivity index is 1.51. The third kappa shape index (κ3) is 3.06. The molecule has 30 heavy (non-hydrogen) atoms. The standard InChI is InChI=1S/C19H18N6O4S/c1-28-15(26)8-29-13-5-4-12(6-21-13)19(9-22-24-23-19)18(27)16-17(11-2-3-11)30-14-7-20-10-25(14)16/h4-7,9-11,18,27H,2-3,8H2,1H3. The van der Waals surface area contributed by atoms with Crippen LogP contribution < -0.4 is 4.74 Å². The minimum atomic E-state index is -1.21. The third-order valence-electron chi connectivity index (χ3n) is 5.24. The van der Waals surface area contributed by atoms with Crippen molar-refractivity contribution in [2.24, 2.45) is 15.4 Å². The highest BCUT2D eigenvalue weighted by molar-refractivity contribution is 7.17. The van der Waals surface area contributed by atoms with Gasteiger partial charge in [-0.1, -0.05) is 0 Å². The second-order valence-electron chi connectivity index (χ2n) is 7.14. The van der Waals surface area contributed by atoms with Crippen LogP contribution in [-0.2, 0) is 15.1 Å². The van der Waals surface area contributed by atoms with Crippen LogP contribution in [0.3, 0.4) is 0 Å². The van der Waals surface area contributed by atoms with E-state index in [9.17, 15) is 9.90 Å². The number of hydrogen-bond donors (Lipinski definition) is 1. The van der Waals surface area contributed by atoms with E-state index in [0.717, 1.165) is 28.2 Å². The molecule has 0 bridgehead atoms. The molecule has 0 saturated heterocycles. The van der Waals surface area contributed by atoms with E-state index >= 15 is 0 Å². The lowest BCUT2D eigenvalue weighted by atomic mass is 9.85. The molecule has 2 aliphatic rings. The van der Waals surface area contributed by atoms with Gasteiger partial charge >= 0.3 is 5.97 Å². The highest BCUT2D eigenvalue weighted by atomic mass is 32.1. The van der Waals surface area contributed by atoms with Crippen molar-refractivity contribution in [3.8, 4) is 5.88 Å². The van der Waals surface area contributed by atoms with Crippen LogP contribution >= 0.6 is 11.3 Å². The van der Waals surface area contributed by atoms with Gasteiger partial charge in [-0.05, 0) is 30.0 Å². The molecule has 3 aromatic rings. The molecular weight excluding hydrogens is 408 g/mol. The van der Waals surface area contributed by atoms with Crippen molar-refractivity contribution in [3.63, 3.8) is 0 Å². The van der Waals surface area contributed by atoms with Crippen LogP contribution in [0.25, 0.3) is 4.83 Å². The first kappa shape index (κ1) is 18.8. The number of ether oxygens (including phenoxy) is 2. The molecule has 1 saturated carbocycles.